The van der Waals surface area contributed by atoms with E-state index in [1.165, 1.54) is 18.4 Å². The van der Waals surface area contributed by atoms with Gasteiger partial charge in [0, 0.05) is 17.3 Å². The van der Waals surface area contributed by atoms with Gasteiger partial charge in [0.1, 0.15) is 5.82 Å². The number of fused-ring (bicyclic) bond motifs is 1. The molecule has 0 N–H and O–H groups in total. The van der Waals surface area contributed by atoms with Crippen molar-refractivity contribution in [1.29, 1.82) is 0 Å². The molecule has 0 saturated carbocycles. The van der Waals surface area contributed by atoms with Crippen molar-refractivity contribution in [1.82, 2.24) is 14.9 Å². The smallest absolute Gasteiger partial charge is 0.220 e. The van der Waals surface area contributed by atoms with Crippen molar-refractivity contribution in [2.75, 3.05) is 13.2 Å². The molecule has 4 nitrogen and oxygen atoms in total. The Balaban J connectivity index is 1.76. The lowest BCUT2D eigenvalue weighted by Crippen LogP contribution is -2.40. The quantitative estimate of drug-likeness (QED) is 0.832. The largest absolute Gasteiger partial charge is 0.477 e. The number of nitrogens with zero attached hydrogens (tertiary/aromatic N) is 3. The molecule has 3 rings (SSSR count). The molecule has 1 aromatic heterocycles. The van der Waals surface area contributed by atoms with Gasteiger partial charge in [-0.2, -0.15) is 4.98 Å². The molecular weight excluding hydrogens is 250 g/mol. The summed E-state index contributed by atoms with van der Waals surface area (Å²) in [5, 5.41) is 0. The van der Waals surface area contributed by atoms with E-state index in [1.807, 2.05) is 0 Å². The van der Waals surface area contributed by atoms with Gasteiger partial charge in [0.25, 0.3) is 0 Å². The SMILES string of the molecule is Cc1nc(CN2CCC(C)C[C@H]2C)nc2c1CCCO2. The third-order valence-corrected chi connectivity index (χ3v) is 4.65. The number of hydrogen-bond acceptors (Lipinski definition) is 4. The second-order valence-corrected chi connectivity index (χ2v) is 6.41. The minimum atomic E-state index is 0.625. The summed E-state index contributed by atoms with van der Waals surface area (Å²) in [6, 6.07) is 0.625. The molecule has 0 bridgehead atoms. The third kappa shape index (κ3) is 2.80. The summed E-state index contributed by atoms with van der Waals surface area (Å²) in [4.78, 5) is 11.9. The van der Waals surface area contributed by atoms with E-state index in [9.17, 15) is 0 Å². The maximum Gasteiger partial charge on any atom is 0.220 e. The molecule has 20 heavy (non-hydrogen) atoms. The summed E-state index contributed by atoms with van der Waals surface area (Å²) in [7, 11) is 0. The van der Waals surface area contributed by atoms with E-state index >= 15 is 0 Å². The second kappa shape index (κ2) is 5.68. The first kappa shape index (κ1) is 13.8. The van der Waals surface area contributed by atoms with E-state index in [2.05, 4.69) is 30.7 Å². The molecule has 2 aliphatic rings. The second-order valence-electron chi connectivity index (χ2n) is 6.41. The highest BCUT2D eigenvalue weighted by Crippen LogP contribution is 2.27. The van der Waals surface area contributed by atoms with Gasteiger partial charge in [0.15, 0.2) is 0 Å². The lowest BCUT2D eigenvalue weighted by molar-refractivity contribution is 0.118. The molecule has 1 fully saturated rings. The van der Waals surface area contributed by atoms with Crippen LogP contribution in [0.25, 0.3) is 0 Å². The first-order valence-electron chi connectivity index (χ1n) is 7.86. The molecule has 0 aromatic carbocycles. The Kier molecular flexibility index (Phi) is 3.92. The standard InChI is InChI=1S/C16H25N3O/c1-11-6-7-19(12(2)9-11)10-15-17-13(3)14-5-4-8-20-16(14)18-15/h11-12H,4-10H2,1-3H3/t11?,12-/m1/s1. The van der Waals surface area contributed by atoms with Crippen molar-refractivity contribution in [3.8, 4) is 5.88 Å². The molecule has 0 spiro atoms. The summed E-state index contributed by atoms with van der Waals surface area (Å²) >= 11 is 0. The Morgan fingerprint density at radius 1 is 1.30 bits per heavy atom. The van der Waals surface area contributed by atoms with Crippen molar-refractivity contribution in [3.05, 3.63) is 17.1 Å². The van der Waals surface area contributed by atoms with Crippen LogP contribution in [0.3, 0.4) is 0 Å². The maximum absolute atomic E-state index is 5.71. The van der Waals surface area contributed by atoms with Gasteiger partial charge in [-0.25, -0.2) is 4.98 Å². The Morgan fingerprint density at radius 2 is 2.15 bits per heavy atom. The lowest BCUT2D eigenvalue weighted by Gasteiger charge is -2.36. The normalized spacial score (nSPS) is 26.9. The molecule has 110 valence electrons. The first-order chi connectivity index (χ1) is 9.63. The molecular formula is C16H25N3O. The topological polar surface area (TPSA) is 38.2 Å². The number of ether oxygens (including phenoxy) is 1. The van der Waals surface area contributed by atoms with E-state index in [0.717, 1.165) is 55.9 Å². The zero-order valence-corrected chi connectivity index (χ0v) is 12.9. The average molecular weight is 275 g/mol. The van der Waals surface area contributed by atoms with Gasteiger partial charge in [-0.3, -0.25) is 4.90 Å². The molecule has 2 aliphatic heterocycles. The Morgan fingerprint density at radius 3 is 2.95 bits per heavy atom. The molecule has 4 heteroatoms. The van der Waals surface area contributed by atoms with Crippen LogP contribution in [0.4, 0.5) is 0 Å². The Labute approximate surface area is 121 Å². The molecule has 1 saturated heterocycles. The number of hydrogen-bond donors (Lipinski definition) is 0. The van der Waals surface area contributed by atoms with Crippen LogP contribution in [0.1, 0.15) is 50.2 Å². The molecule has 0 amide bonds. The Hall–Kier alpha value is -1.16. The maximum atomic E-state index is 5.71. The highest BCUT2D eigenvalue weighted by atomic mass is 16.5. The zero-order valence-electron chi connectivity index (χ0n) is 12.9. The highest BCUT2D eigenvalue weighted by Gasteiger charge is 2.24. The predicted molar refractivity (Wildman–Crippen MR) is 78.9 cm³/mol. The van der Waals surface area contributed by atoms with Crippen molar-refractivity contribution < 1.29 is 4.74 Å². The van der Waals surface area contributed by atoms with Crippen molar-refractivity contribution in [3.63, 3.8) is 0 Å². The van der Waals surface area contributed by atoms with Gasteiger partial charge in [-0.1, -0.05) is 6.92 Å². The van der Waals surface area contributed by atoms with Gasteiger partial charge in [0.05, 0.1) is 13.2 Å². The summed E-state index contributed by atoms with van der Waals surface area (Å²) in [6.45, 7) is 9.55. The minimum Gasteiger partial charge on any atom is -0.477 e. The molecule has 3 heterocycles. The molecule has 0 radical (unpaired) electrons. The molecule has 1 unspecified atom stereocenters. The molecule has 1 aromatic rings. The fraction of sp³-hybridized carbons (Fsp3) is 0.750. The van der Waals surface area contributed by atoms with Crippen LogP contribution in [-0.4, -0.2) is 34.1 Å². The number of likely N-dealkylation sites (tertiary alicyclic amines) is 1. The molecule has 2 atom stereocenters. The van der Waals surface area contributed by atoms with Crippen LogP contribution in [0, 0.1) is 12.8 Å². The summed E-state index contributed by atoms with van der Waals surface area (Å²) in [5.41, 5.74) is 2.31. The van der Waals surface area contributed by atoms with Crippen molar-refractivity contribution in [2.24, 2.45) is 5.92 Å². The number of aryl methyl sites for hydroxylation is 1. The number of rotatable bonds is 2. The van der Waals surface area contributed by atoms with Crippen LogP contribution >= 0.6 is 0 Å². The van der Waals surface area contributed by atoms with Crippen LogP contribution in [0.15, 0.2) is 0 Å². The lowest BCUT2D eigenvalue weighted by atomic mass is 9.93. The van der Waals surface area contributed by atoms with Crippen molar-refractivity contribution >= 4 is 0 Å². The van der Waals surface area contributed by atoms with Gasteiger partial charge in [-0.05, 0) is 52.0 Å². The van der Waals surface area contributed by atoms with E-state index in [-0.39, 0.29) is 0 Å². The minimum absolute atomic E-state index is 0.625. The van der Waals surface area contributed by atoms with E-state index in [1.54, 1.807) is 0 Å². The van der Waals surface area contributed by atoms with Crippen LogP contribution in [-0.2, 0) is 13.0 Å². The van der Waals surface area contributed by atoms with Crippen LogP contribution in [0.2, 0.25) is 0 Å². The van der Waals surface area contributed by atoms with Crippen LogP contribution < -0.4 is 4.74 Å². The van der Waals surface area contributed by atoms with Gasteiger partial charge in [-0.15, -0.1) is 0 Å². The first-order valence-corrected chi connectivity index (χ1v) is 7.86. The van der Waals surface area contributed by atoms with E-state index in [4.69, 9.17) is 9.72 Å². The van der Waals surface area contributed by atoms with Crippen molar-refractivity contribution in [2.45, 2.75) is 59.0 Å². The number of piperidine rings is 1. The number of aromatic nitrogens is 2. The fourth-order valence-electron chi connectivity index (χ4n) is 3.39. The van der Waals surface area contributed by atoms with E-state index in [0.29, 0.717) is 6.04 Å². The fourth-order valence-corrected chi connectivity index (χ4v) is 3.39. The van der Waals surface area contributed by atoms with Gasteiger partial charge < -0.3 is 4.74 Å². The third-order valence-electron chi connectivity index (χ3n) is 4.65. The van der Waals surface area contributed by atoms with Gasteiger partial charge in [0.2, 0.25) is 5.88 Å². The summed E-state index contributed by atoms with van der Waals surface area (Å²) in [5.74, 6) is 2.59. The van der Waals surface area contributed by atoms with Gasteiger partial charge >= 0.3 is 0 Å². The Bertz CT molecular complexity index is 489. The van der Waals surface area contributed by atoms with E-state index < -0.39 is 0 Å². The average Bonchev–Trinajstić information content (AvgIpc) is 2.42. The monoisotopic (exact) mass is 275 g/mol. The zero-order chi connectivity index (χ0) is 14.1. The summed E-state index contributed by atoms with van der Waals surface area (Å²) < 4.78 is 5.71. The predicted octanol–water partition coefficient (Wildman–Crippen LogP) is 2.73. The summed E-state index contributed by atoms with van der Waals surface area (Å²) in [6.07, 6.45) is 4.70. The van der Waals surface area contributed by atoms with Crippen LogP contribution in [0.5, 0.6) is 5.88 Å². The highest BCUT2D eigenvalue weighted by molar-refractivity contribution is 5.31. The molecule has 0 aliphatic carbocycles.